The number of para-hydroxylation sites is 1. The van der Waals surface area contributed by atoms with E-state index in [1.165, 1.54) is 0 Å². The quantitative estimate of drug-likeness (QED) is 0.682. The molecule has 0 unspecified atom stereocenters. The van der Waals surface area contributed by atoms with Gasteiger partial charge in [-0.2, -0.15) is 4.98 Å². The molecule has 7 heteroatoms. The summed E-state index contributed by atoms with van der Waals surface area (Å²) in [7, 11) is 0. The van der Waals surface area contributed by atoms with E-state index in [4.69, 9.17) is 9.26 Å². The molecule has 134 valence electrons. The summed E-state index contributed by atoms with van der Waals surface area (Å²) in [6.07, 6.45) is 1.68. The molecule has 0 bridgehead atoms. The van der Waals surface area contributed by atoms with Crippen LogP contribution in [0, 0.1) is 5.92 Å². The zero-order valence-corrected chi connectivity index (χ0v) is 15.2. The van der Waals surface area contributed by atoms with Crippen LogP contribution in [0.25, 0.3) is 10.7 Å². The van der Waals surface area contributed by atoms with Crippen molar-refractivity contribution in [2.75, 3.05) is 0 Å². The Balaban J connectivity index is 1.38. The van der Waals surface area contributed by atoms with Crippen LogP contribution < -0.4 is 10.1 Å². The third-order valence-corrected chi connectivity index (χ3v) is 5.19. The summed E-state index contributed by atoms with van der Waals surface area (Å²) in [6.45, 7) is 2.41. The zero-order valence-electron chi connectivity index (χ0n) is 14.3. The lowest BCUT2D eigenvalue weighted by Gasteiger charge is -2.09. The normalized spacial score (nSPS) is 14.8. The second-order valence-corrected chi connectivity index (χ2v) is 7.46. The van der Waals surface area contributed by atoms with E-state index >= 15 is 0 Å². The highest BCUT2D eigenvalue weighted by molar-refractivity contribution is 7.15. The number of aromatic nitrogens is 2. The van der Waals surface area contributed by atoms with E-state index in [-0.39, 0.29) is 17.9 Å². The van der Waals surface area contributed by atoms with Crippen molar-refractivity contribution in [2.45, 2.75) is 32.4 Å². The maximum absolute atomic E-state index is 11.7. The topological polar surface area (TPSA) is 77.2 Å². The van der Waals surface area contributed by atoms with Gasteiger partial charge < -0.3 is 14.6 Å². The van der Waals surface area contributed by atoms with Crippen molar-refractivity contribution in [1.29, 1.82) is 0 Å². The van der Waals surface area contributed by atoms with E-state index < -0.39 is 0 Å². The fourth-order valence-corrected chi connectivity index (χ4v) is 3.38. The third kappa shape index (κ3) is 3.94. The summed E-state index contributed by atoms with van der Waals surface area (Å²) in [6, 6.07) is 13.5. The number of rotatable bonds is 7. The predicted octanol–water partition coefficient (Wildman–Crippen LogP) is 3.96. The summed E-state index contributed by atoms with van der Waals surface area (Å²) in [5.41, 5.74) is 0. The molecule has 3 aromatic rings. The first kappa shape index (κ1) is 16.8. The van der Waals surface area contributed by atoms with E-state index in [1.54, 1.807) is 11.3 Å². The zero-order chi connectivity index (χ0) is 17.9. The average Bonchev–Trinajstić information content (AvgIpc) is 3.19. The lowest BCUT2D eigenvalue weighted by molar-refractivity contribution is -0.122. The highest BCUT2D eigenvalue weighted by atomic mass is 32.1. The summed E-state index contributed by atoms with van der Waals surface area (Å²) in [5, 5.41) is 7.02. The van der Waals surface area contributed by atoms with Crippen LogP contribution in [-0.2, 0) is 11.3 Å². The Morgan fingerprint density at radius 2 is 2.12 bits per heavy atom. The molecule has 4 rings (SSSR count). The van der Waals surface area contributed by atoms with Crippen LogP contribution in [0.4, 0.5) is 0 Å². The van der Waals surface area contributed by atoms with Gasteiger partial charge in [0.15, 0.2) is 6.10 Å². The summed E-state index contributed by atoms with van der Waals surface area (Å²) in [4.78, 5) is 18.1. The van der Waals surface area contributed by atoms with E-state index in [2.05, 4.69) is 15.5 Å². The number of carbonyl (C=O) groups excluding carboxylic acids is 1. The Hall–Kier alpha value is -2.67. The molecular weight excluding hydrogens is 350 g/mol. The number of amides is 1. The molecule has 0 saturated heterocycles. The predicted molar refractivity (Wildman–Crippen MR) is 97.7 cm³/mol. The second kappa shape index (κ2) is 7.29. The first-order chi connectivity index (χ1) is 12.7. The third-order valence-electron chi connectivity index (χ3n) is 4.11. The standard InChI is InChI=1S/C19H19N3O3S/c1-12(24-14-5-3-2-4-6-14)19-21-17(22-25-19)16-10-9-15(26-16)11-20-18(23)13-7-8-13/h2-6,9-10,12-13H,7-8,11H2,1H3,(H,20,23)/t12-/m0/s1. The number of hydrogen-bond donors (Lipinski definition) is 1. The summed E-state index contributed by atoms with van der Waals surface area (Å²) < 4.78 is 11.2. The smallest absolute Gasteiger partial charge is 0.267 e. The van der Waals surface area contributed by atoms with Crippen LogP contribution in [0.2, 0.25) is 0 Å². The van der Waals surface area contributed by atoms with E-state index in [9.17, 15) is 4.79 Å². The summed E-state index contributed by atoms with van der Waals surface area (Å²) >= 11 is 1.55. The Kier molecular flexibility index (Phi) is 4.71. The fraction of sp³-hybridized carbons (Fsp3) is 0.316. The van der Waals surface area contributed by atoms with Gasteiger partial charge in [0, 0.05) is 10.8 Å². The molecule has 0 spiro atoms. The lowest BCUT2D eigenvalue weighted by Crippen LogP contribution is -2.23. The number of benzene rings is 1. The Labute approximate surface area is 155 Å². The maximum Gasteiger partial charge on any atom is 0.267 e. The SMILES string of the molecule is C[C@H](Oc1ccccc1)c1nc(-c2ccc(CNC(=O)C3CC3)s2)no1. The van der Waals surface area contributed by atoms with E-state index in [0.717, 1.165) is 28.3 Å². The molecule has 1 aromatic carbocycles. The minimum atomic E-state index is -0.337. The molecule has 1 fully saturated rings. The molecule has 2 aromatic heterocycles. The molecule has 1 N–H and O–H groups in total. The maximum atomic E-state index is 11.7. The Bertz CT molecular complexity index is 886. The number of carbonyl (C=O) groups is 1. The van der Waals surface area contributed by atoms with Gasteiger partial charge in [-0.3, -0.25) is 4.79 Å². The van der Waals surface area contributed by atoms with Crippen LogP contribution in [0.15, 0.2) is 47.0 Å². The van der Waals surface area contributed by atoms with Crippen LogP contribution in [0.1, 0.15) is 36.6 Å². The molecule has 2 heterocycles. The van der Waals surface area contributed by atoms with Gasteiger partial charge >= 0.3 is 0 Å². The molecule has 1 aliphatic carbocycles. The van der Waals surface area contributed by atoms with Crippen LogP contribution in [-0.4, -0.2) is 16.0 Å². The largest absolute Gasteiger partial charge is 0.481 e. The molecule has 0 radical (unpaired) electrons. The molecule has 1 atom stereocenters. The number of hydrogen-bond acceptors (Lipinski definition) is 6. The van der Waals surface area contributed by atoms with E-state index in [1.807, 2.05) is 49.4 Å². The highest BCUT2D eigenvalue weighted by Gasteiger charge is 2.29. The Morgan fingerprint density at radius 3 is 2.88 bits per heavy atom. The molecule has 1 aliphatic rings. The second-order valence-electron chi connectivity index (χ2n) is 6.29. The molecule has 1 amide bonds. The first-order valence-corrected chi connectivity index (χ1v) is 9.43. The van der Waals surface area contributed by atoms with Crippen LogP contribution in [0.5, 0.6) is 5.75 Å². The minimum absolute atomic E-state index is 0.147. The van der Waals surface area contributed by atoms with Gasteiger partial charge in [0.05, 0.1) is 11.4 Å². The number of nitrogens with one attached hydrogen (secondary N) is 1. The van der Waals surface area contributed by atoms with Gasteiger partial charge in [0.2, 0.25) is 11.7 Å². The molecule has 1 saturated carbocycles. The van der Waals surface area contributed by atoms with Gasteiger partial charge in [-0.15, -0.1) is 11.3 Å². The molecule has 0 aliphatic heterocycles. The van der Waals surface area contributed by atoms with Crippen molar-refractivity contribution in [2.24, 2.45) is 5.92 Å². The molecule has 6 nitrogen and oxygen atoms in total. The summed E-state index contributed by atoms with van der Waals surface area (Å²) in [5.74, 6) is 2.09. The highest BCUT2D eigenvalue weighted by Crippen LogP contribution is 2.30. The van der Waals surface area contributed by atoms with E-state index in [0.29, 0.717) is 18.3 Å². The van der Waals surface area contributed by atoms with Gasteiger partial charge in [-0.1, -0.05) is 23.4 Å². The van der Waals surface area contributed by atoms with Crippen molar-refractivity contribution in [3.63, 3.8) is 0 Å². The van der Waals surface area contributed by atoms with Gasteiger partial charge in [-0.05, 0) is 44.0 Å². The number of thiophene rings is 1. The average molecular weight is 369 g/mol. The molecular formula is C19H19N3O3S. The van der Waals surface area contributed by atoms with Crippen LogP contribution >= 0.6 is 11.3 Å². The van der Waals surface area contributed by atoms with Gasteiger partial charge in [0.25, 0.3) is 5.89 Å². The number of ether oxygens (including phenoxy) is 1. The van der Waals surface area contributed by atoms with Crippen molar-refractivity contribution >= 4 is 17.2 Å². The number of nitrogens with zero attached hydrogens (tertiary/aromatic N) is 2. The van der Waals surface area contributed by atoms with Crippen molar-refractivity contribution in [3.05, 3.63) is 53.2 Å². The van der Waals surface area contributed by atoms with Crippen molar-refractivity contribution < 1.29 is 14.1 Å². The lowest BCUT2D eigenvalue weighted by atomic mass is 10.3. The van der Waals surface area contributed by atoms with Gasteiger partial charge in [0.1, 0.15) is 5.75 Å². The van der Waals surface area contributed by atoms with Crippen LogP contribution in [0.3, 0.4) is 0 Å². The Morgan fingerprint density at radius 1 is 1.31 bits per heavy atom. The minimum Gasteiger partial charge on any atom is -0.481 e. The van der Waals surface area contributed by atoms with Crippen molar-refractivity contribution in [1.82, 2.24) is 15.5 Å². The van der Waals surface area contributed by atoms with Crippen molar-refractivity contribution in [3.8, 4) is 16.5 Å². The monoisotopic (exact) mass is 369 g/mol. The molecule has 26 heavy (non-hydrogen) atoms. The first-order valence-electron chi connectivity index (χ1n) is 8.61. The van der Waals surface area contributed by atoms with Gasteiger partial charge in [-0.25, -0.2) is 0 Å². The fourth-order valence-electron chi connectivity index (χ4n) is 2.51.